The molecule has 0 fully saturated rings. The van der Waals surface area contributed by atoms with Crippen LogP contribution in [0.3, 0.4) is 0 Å². The lowest BCUT2D eigenvalue weighted by molar-refractivity contribution is 0.249. The van der Waals surface area contributed by atoms with E-state index in [0.29, 0.717) is 0 Å². The van der Waals surface area contributed by atoms with Crippen LogP contribution in [0, 0.1) is 6.92 Å². The van der Waals surface area contributed by atoms with Crippen molar-refractivity contribution in [2.75, 3.05) is 6.61 Å². The van der Waals surface area contributed by atoms with Crippen LogP contribution in [0.2, 0.25) is 36.3 Å². The molecular formula is C24H45BrO2Si2. The Kier molecular flexibility index (Phi) is 8.17. The van der Waals surface area contributed by atoms with Gasteiger partial charge < -0.3 is 8.85 Å². The van der Waals surface area contributed by atoms with Crippen LogP contribution in [-0.4, -0.2) is 23.2 Å². The van der Waals surface area contributed by atoms with Gasteiger partial charge in [-0.25, -0.2) is 0 Å². The summed E-state index contributed by atoms with van der Waals surface area (Å²) in [6.45, 7) is 30.6. The normalized spacial score (nSPS) is 14.3. The van der Waals surface area contributed by atoms with Crippen LogP contribution < -0.4 is 4.43 Å². The van der Waals surface area contributed by atoms with Gasteiger partial charge in [0.15, 0.2) is 8.32 Å². The Bertz CT molecular complexity index is 711. The van der Waals surface area contributed by atoms with E-state index < -0.39 is 16.6 Å². The van der Waals surface area contributed by atoms with Crippen molar-refractivity contribution >= 4 is 32.6 Å². The van der Waals surface area contributed by atoms with Crippen molar-refractivity contribution in [3.8, 4) is 5.75 Å². The maximum atomic E-state index is 6.82. The van der Waals surface area contributed by atoms with Gasteiger partial charge in [0.1, 0.15) is 5.75 Å². The average molecular weight is 502 g/mol. The second-order valence-electron chi connectivity index (χ2n) is 12.2. The van der Waals surface area contributed by atoms with Gasteiger partial charge in [0.05, 0.1) is 0 Å². The Balaban J connectivity index is 3.21. The summed E-state index contributed by atoms with van der Waals surface area (Å²) >= 11 is 3.86. The van der Waals surface area contributed by atoms with E-state index in [1.807, 2.05) is 0 Å². The number of benzene rings is 1. The lowest BCUT2D eigenvalue weighted by Crippen LogP contribution is -2.44. The predicted molar refractivity (Wildman–Crippen MR) is 137 cm³/mol. The lowest BCUT2D eigenvalue weighted by atomic mass is 9.81. The highest BCUT2D eigenvalue weighted by molar-refractivity contribution is 9.10. The molecule has 0 saturated carbocycles. The van der Waals surface area contributed by atoms with Crippen LogP contribution in [0.25, 0.3) is 0 Å². The molecular weight excluding hydrogens is 456 g/mol. The molecule has 0 aliphatic rings. The lowest BCUT2D eigenvalue weighted by Gasteiger charge is -2.40. The van der Waals surface area contributed by atoms with Crippen molar-refractivity contribution in [2.45, 2.75) is 110 Å². The summed E-state index contributed by atoms with van der Waals surface area (Å²) in [5.74, 6) is 1.04. The van der Waals surface area contributed by atoms with E-state index in [0.717, 1.165) is 23.2 Å². The van der Waals surface area contributed by atoms with Crippen LogP contribution in [0.1, 0.15) is 72.9 Å². The quantitative estimate of drug-likeness (QED) is 0.348. The highest BCUT2D eigenvalue weighted by atomic mass is 79.9. The zero-order chi connectivity index (χ0) is 23.1. The van der Waals surface area contributed by atoms with Crippen molar-refractivity contribution in [3.63, 3.8) is 0 Å². The molecule has 0 amide bonds. The van der Waals surface area contributed by atoms with E-state index in [9.17, 15) is 0 Å². The summed E-state index contributed by atoms with van der Waals surface area (Å²) in [4.78, 5) is 0. The molecule has 0 aliphatic heterocycles. The highest BCUT2D eigenvalue weighted by Gasteiger charge is 2.41. The molecule has 5 heteroatoms. The molecule has 0 aliphatic carbocycles. The number of halogens is 1. The van der Waals surface area contributed by atoms with E-state index in [4.69, 9.17) is 8.85 Å². The molecule has 0 spiro atoms. The fourth-order valence-corrected chi connectivity index (χ4v) is 5.93. The third kappa shape index (κ3) is 6.68. The van der Waals surface area contributed by atoms with Gasteiger partial charge in [-0.15, -0.1) is 0 Å². The van der Waals surface area contributed by atoms with E-state index in [-0.39, 0.29) is 15.5 Å². The summed E-state index contributed by atoms with van der Waals surface area (Å²) in [6.07, 6.45) is 0.967. The maximum Gasteiger partial charge on any atom is 0.250 e. The van der Waals surface area contributed by atoms with E-state index in [1.165, 1.54) is 11.1 Å². The Morgan fingerprint density at radius 1 is 0.828 bits per heavy atom. The van der Waals surface area contributed by atoms with Gasteiger partial charge in [-0.05, 0) is 72.7 Å². The third-order valence-electron chi connectivity index (χ3n) is 7.04. The number of hydrogen-bond donors (Lipinski definition) is 0. The Morgan fingerprint density at radius 2 is 1.31 bits per heavy atom. The van der Waals surface area contributed by atoms with Crippen LogP contribution >= 0.6 is 15.9 Å². The summed E-state index contributed by atoms with van der Waals surface area (Å²) in [5.41, 5.74) is 2.45. The van der Waals surface area contributed by atoms with Crippen molar-refractivity contribution in [3.05, 3.63) is 27.7 Å². The van der Waals surface area contributed by atoms with E-state index in [2.05, 4.69) is 117 Å². The molecule has 1 rings (SSSR count). The molecule has 0 bridgehead atoms. The molecule has 0 heterocycles. The SMILES string of the molecule is Cc1cc(Br)c(C(C)(C)CCO[Si](C)(C)C(C)(C)C)c(O[Si](C)(C)C(C)(C)C)c1. The van der Waals surface area contributed by atoms with Crippen LogP contribution in [0.15, 0.2) is 16.6 Å². The minimum absolute atomic E-state index is 0.0490. The van der Waals surface area contributed by atoms with Gasteiger partial charge >= 0.3 is 0 Å². The number of rotatable bonds is 7. The molecule has 0 atom stereocenters. The predicted octanol–water partition coefficient (Wildman–Crippen LogP) is 8.83. The smallest absolute Gasteiger partial charge is 0.250 e. The van der Waals surface area contributed by atoms with Crippen LogP contribution in [-0.2, 0) is 9.84 Å². The topological polar surface area (TPSA) is 18.5 Å². The summed E-state index contributed by atoms with van der Waals surface area (Å²) < 4.78 is 14.5. The van der Waals surface area contributed by atoms with Gasteiger partial charge in [0, 0.05) is 16.6 Å². The molecule has 0 unspecified atom stereocenters. The molecule has 29 heavy (non-hydrogen) atoms. The van der Waals surface area contributed by atoms with E-state index >= 15 is 0 Å². The molecule has 0 radical (unpaired) electrons. The standard InChI is InChI=1S/C24H45BrO2Si2/c1-18-16-19(25)21(20(17-18)27-29(12,13)23(5,6)7)24(8,9)14-15-26-28(10,11)22(2,3)4/h16-17H,14-15H2,1-13H3. The van der Waals surface area contributed by atoms with Gasteiger partial charge in [-0.1, -0.05) is 71.3 Å². The first-order valence-corrected chi connectivity index (χ1v) is 17.5. The monoisotopic (exact) mass is 500 g/mol. The molecule has 0 aromatic heterocycles. The van der Waals surface area contributed by atoms with Gasteiger partial charge in [-0.3, -0.25) is 0 Å². The van der Waals surface area contributed by atoms with Crippen LogP contribution in [0.4, 0.5) is 0 Å². The molecule has 1 aromatic carbocycles. The average Bonchev–Trinajstić information content (AvgIpc) is 2.42. The zero-order valence-corrected chi connectivity index (χ0v) is 24.8. The Morgan fingerprint density at radius 3 is 1.76 bits per heavy atom. The number of hydrogen-bond acceptors (Lipinski definition) is 2. The van der Waals surface area contributed by atoms with E-state index in [1.54, 1.807) is 0 Å². The van der Waals surface area contributed by atoms with Gasteiger partial charge in [0.2, 0.25) is 8.32 Å². The first-order chi connectivity index (χ1) is 12.7. The minimum atomic E-state index is -1.93. The Labute approximate surface area is 191 Å². The first kappa shape index (κ1) is 26.9. The molecule has 168 valence electrons. The maximum absolute atomic E-state index is 6.82. The molecule has 2 nitrogen and oxygen atoms in total. The van der Waals surface area contributed by atoms with Crippen molar-refractivity contribution in [2.24, 2.45) is 0 Å². The molecule has 1 aromatic rings. The van der Waals surface area contributed by atoms with Gasteiger partial charge in [-0.2, -0.15) is 0 Å². The third-order valence-corrected chi connectivity index (χ3v) is 16.5. The van der Waals surface area contributed by atoms with Crippen molar-refractivity contribution in [1.29, 1.82) is 0 Å². The second kappa shape index (κ2) is 8.80. The first-order valence-electron chi connectivity index (χ1n) is 10.8. The van der Waals surface area contributed by atoms with Crippen LogP contribution in [0.5, 0.6) is 5.75 Å². The van der Waals surface area contributed by atoms with Crippen molar-refractivity contribution in [1.82, 2.24) is 0 Å². The highest BCUT2D eigenvalue weighted by Crippen LogP contribution is 2.45. The fraction of sp³-hybridized carbons (Fsp3) is 0.750. The Hall–Kier alpha value is -0.106. The fourth-order valence-electron chi connectivity index (χ4n) is 2.78. The van der Waals surface area contributed by atoms with Crippen molar-refractivity contribution < 1.29 is 8.85 Å². The minimum Gasteiger partial charge on any atom is -0.543 e. The molecule has 0 N–H and O–H groups in total. The summed E-state index contributed by atoms with van der Waals surface area (Å²) in [5, 5.41) is 0.397. The largest absolute Gasteiger partial charge is 0.543 e. The summed E-state index contributed by atoms with van der Waals surface area (Å²) in [7, 11) is -3.67. The zero-order valence-electron chi connectivity index (χ0n) is 21.3. The summed E-state index contributed by atoms with van der Waals surface area (Å²) in [6, 6.07) is 4.43. The second-order valence-corrected chi connectivity index (χ2v) is 22.6. The number of aryl methyl sites for hydroxylation is 1. The van der Waals surface area contributed by atoms with Gasteiger partial charge in [0.25, 0.3) is 0 Å². The molecule has 0 saturated heterocycles.